The molecule has 0 spiro atoms. The molecule has 0 aromatic carbocycles. The summed E-state index contributed by atoms with van der Waals surface area (Å²) in [4.78, 5) is 3.22. The topological polar surface area (TPSA) is 79.2 Å². The number of hydrogen-bond acceptors (Lipinski definition) is 3. The molecule has 0 amide bonds. The second kappa shape index (κ2) is 4.80. The number of rotatable bonds is 4. The van der Waals surface area contributed by atoms with Gasteiger partial charge in [0.05, 0.1) is 4.90 Å². The van der Waals surface area contributed by atoms with Crippen molar-refractivity contribution < 1.29 is 8.42 Å². The molecule has 1 aliphatic heterocycles. The van der Waals surface area contributed by atoms with Gasteiger partial charge in [0.15, 0.2) is 0 Å². The maximum Gasteiger partial charge on any atom is 0.244 e. The summed E-state index contributed by atoms with van der Waals surface area (Å²) < 4.78 is 26.4. The van der Waals surface area contributed by atoms with Gasteiger partial charge in [0.25, 0.3) is 0 Å². The molecule has 1 saturated heterocycles. The van der Waals surface area contributed by atoms with Crippen LogP contribution in [0.5, 0.6) is 0 Å². The van der Waals surface area contributed by atoms with Crippen molar-refractivity contribution in [3.05, 3.63) is 18.0 Å². The number of aromatic amines is 1. The minimum absolute atomic E-state index is 0.149. The lowest BCUT2D eigenvalue weighted by atomic mass is 10.2. The molecule has 5 nitrogen and oxygen atoms in total. The Balaban J connectivity index is 2.29. The fourth-order valence-electron chi connectivity index (χ4n) is 2.35. The van der Waals surface area contributed by atoms with E-state index in [0.29, 0.717) is 18.0 Å². The highest BCUT2D eigenvalue weighted by molar-refractivity contribution is 7.89. The van der Waals surface area contributed by atoms with Crippen LogP contribution in [0.4, 0.5) is 0 Å². The molecule has 6 heteroatoms. The summed E-state index contributed by atoms with van der Waals surface area (Å²) in [7, 11) is -3.34. The number of nitrogens with two attached hydrogens (primary N) is 1. The van der Waals surface area contributed by atoms with Crippen molar-refractivity contribution in [3.63, 3.8) is 0 Å². The molecule has 0 radical (unpaired) electrons. The molecule has 1 fully saturated rings. The molecule has 1 aromatic heterocycles. The molecule has 1 atom stereocenters. The first kappa shape index (κ1) is 12.6. The van der Waals surface area contributed by atoms with E-state index < -0.39 is 10.0 Å². The number of nitrogens with zero attached hydrogens (tertiary/aromatic N) is 1. The lowest BCUT2D eigenvalue weighted by Gasteiger charge is -2.22. The summed E-state index contributed by atoms with van der Waals surface area (Å²) in [5.41, 5.74) is 6.22. The van der Waals surface area contributed by atoms with E-state index in [0.717, 1.165) is 25.0 Å². The normalized spacial score (nSPS) is 22.1. The van der Waals surface area contributed by atoms with E-state index in [-0.39, 0.29) is 6.04 Å². The van der Waals surface area contributed by atoms with Gasteiger partial charge >= 0.3 is 0 Å². The Bertz CT molecular complexity index is 481. The number of nitrogens with one attached hydrogen (secondary N) is 1. The van der Waals surface area contributed by atoms with E-state index >= 15 is 0 Å². The second-order valence-corrected chi connectivity index (χ2v) is 6.28. The Labute approximate surface area is 102 Å². The molecule has 17 heavy (non-hydrogen) atoms. The Hall–Kier alpha value is -0.850. The fraction of sp³-hybridized carbons (Fsp3) is 0.636. The zero-order valence-electron chi connectivity index (χ0n) is 10.0. The van der Waals surface area contributed by atoms with Crippen LogP contribution in [0.15, 0.2) is 17.2 Å². The molecule has 0 aliphatic carbocycles. The van der Waals surface area contributed by atoms with E-state index in [1.165, 1.54) is 6.20 Å². The maximum atomic E-state index is 12.4. The van der Waals surface area contributed by atoms with E-state index in [2.05, 4.69) is 4.98 Å². The van der Waals surface area contributed by atoms with Crippen LogP contribution in [-0.2, 0) is 16.6 Å². The van der Waals surface area contributed by atoms with Crippen LogP contribution < -0.4 is 5.73 Å². The highest BCUT2D eigenvalue weighted by Gasteiger charge is 2.34. The van der Waals surface area contributed by atoms with Crippen molar-refractivity contribution in [2.24, 2.45) is 5.73 Å². The number of aromatic nitrogens is 1. The third-order valence-corrected chi connectivity index (χ3v) is 5.27. The Kier molecular flexibility index (Phi) is 3.56. The van der Waals surface area contributed by atoms with Crippen molar-refractivity contribution >= 4 is 10.0 Å². The van der Waals surface area contributed by atoms with Gasteiger partial charge in [-0.25, -0.2) is 8.42 Å². The minimum Gasteiger partial charge on any atom is -0.363 e. The molecule has 1 aliphatic rings. The molecule has 2 rings (SSSR count). The van der Waals surface area contributed by atoms with Crippen LogP contribution in [0.1, 0.15) is 31.9 Å². The van der Waals surface area contributed by atoms with Crippen LogP contribution in [0.25, 0.3) is 0 Å². The summed E-state index contributed by atoms with van der Waals surface area (Å²) in [5.74, 6) is 0. The Morgan fingerprint density at radius 2 is 2.35 bits per heavy atom. The quantitative estimate of drug-likeness (QED) is 0.845. The lowest BCUT2D eigenvalue weighted by molar-refractivity contribution is 0.379. The zero-order valence-corrected chi connectivity index (χ0v) is 10.8. The summed E-state index contributed by atoms with van der Waals surface area (Å²) in [6, 6.07) is 1.77. The van der Waals surface area contributed by atoms with Crippen LogP contribution in [0.2, 0.25) is 0 Å². The fourth-order valence-corrected chi connectivity index (χ4v) is 4.14. The van der Waals surface area contributed by atoms with E-state index in [1.54, 1.807) is 10.4 Å². The van der Waals surface area contributed by atoms with Crippen molar-refractivity contribution in [2.75, 3.05) is 6.54 Å². The van der Waals surface area contributed by atoms with Crippen molar-refractivity contribution in [2.45, 2.75) is 43.7 Å². The molecule has 1 aromatic rings. The van der Waals surface area contributed by atoms with Gasteiger partial charge in [0.2, 0.25) is 10.0 Å². The smallest absolute Gasteiger partial charge is 0.244 e. The summed E-state index contributed by atoms with van der Waals surface area (Å²) in [6.45, 7) is 2.98. The van der Waals surface area contributed by atoms with E-state index in [9.17, 15) is 8.42 Å². The van der Waals surface area contributed by atoms with Crippen LogP contribution in [0.3, 0.4) is 0 Å². The van der Waals surface area contributed by atoms with E-state index in [1.807, 2.05) is 6.92 Å². The first-order valence-electron chi connectivity index (χ1n) is 5.98. The molecular weight excluding hydrogens is 238 g/mol. The predicted molar refractivity (Wildman–Crippen MR) is 65.9 cm³/mol. The highest BCUT2D eigenvalue weighted by Crippen LogP contribution is 2.27. The highest BCUT2D eigenvalue weighted by atomic mass is 32.2. The van der Waals surface area contributed by atoms with Gasteiger partial charge in [-0.3, -0.25) is 0 Å². The van der Waals surface area contributed by atoms with Crippen LogP contribution in [0, 0.1) is 0 Å². The van der Waals surface area contributed by atoms with Crippen molar-refractivity contribution in [3.8, 4) is 0 Å². The van der Waals surface area contributed by atoms with Gasteiger partial charge < -0.3 is 10.7 Å². The third kappa shape index (κ3) is 2.25. The van der Waals surface area contributed by atoms with Crippen LogP contribution >= 0.6 is 0 Å². The standard InChI is InChI=1S/C11H19N3O2S/c1-2-10-4-3-5-14(10)17(15,16)11-6-9(7-12)13-8-11/h6,8,10,13H,2-5,7,12H2,1H3. The zero-order chi connectivity index (χ0) is 12.5. The average molecular weight is 257 g/mol. The number of hydrogen-bond donors (Lipinski definition) is 2. The number of H-pyrrole nitrogens is 1. The molecule has 96 valence electrons. The second-order valence-electron chi connectivity index (χ2n) is 4.38. The van der Waals surface area contributed by atoms with Gasteiger partial charge in [-0.15, -0.1) is 0 Å². The van der Waals surface area contributed by atoms with Gasteiger partial charge in [0.1, 0.15) is 0 Å². The van der Waals surface area contributed by atoms with Gasteiger partial charge in [-0.2, -0.15) is 4.31 Å². The van der Waals surface area contributed by atoms with E-state index in [4.69, 9.17) is 5.73 Å². The average Bonchev–Trinajstić information content (AvgIpc) is 2.97. The summed E-state index contributed by atoms with van der Waals surface area (Å²) in [5, 5.41) is 0. The van der Waals surface area contributed by atoms with Crippen molar-refractivity contribution in [1.29, 1.82) is 0 Å². The van der Waals surface area contributed by atoms with Crippen molar-refractivity contribution in [1.82, 2.24) is 9.29 Å². The molecule has 3 N–H and O–H groups in total. The van der Waals surface area contributed by atoms with Gasteiger partial charge in [0, 0.05) is 31.0 Å². The van der Waals surface area contributed by atoms with Gasteiger partial charge in [-0.1, -0.05) is 6.92 Å². The molecule has 1 unspecified atom stereocenters. The summed E-state index contributed by atoms with van der Waals surface area (Å²) >= 11 is 0. The third-order valence-electron chi connectivity index (χ3n) is 3.34. The Morgan fingerprint density at radius 3 is 2.94 bits per heavy atom. The molecule has 0 saturated carbocycles. The van der Waals surface area contributed by atoms with Gasteiger partial charge in [-0.05, 0) is 25.3 Å². The summed E-state index contributed by atoms with van der Waals surface area (Å²) in [6.07, 6.45) is 4.31. The number of sulfonamides is 1. The predicted octanol–water partition coefficient (Wildman–Crippen LogP) is 1.04. The first-order valence-corrected chi connectivity index (χ1v) is 7.42. The molecular formula is C11H19N3O2S. The molecule has 2 heterocycles. The monoisotopic (exact) mass is 257 g/mol. The maximum absolute atomic E-state index is 12.4. The molecule has 0 bridgehead atoms. The largest absolute Gasteiger partial charge is 0.363 e. The Morgan fingerprint density at radius 1 is 1.59 bits per heavy atom. The van der Waals surface area contributed by atoms with Crippen LogP contribution in [-0.4, -0.2) is 30.3 Å². The minimum atomic E-state index is -3.34. The first-order chi connectivity index (χ1) is 8.09. The lowest BCUT2D eigenvalue weighted by Crippen LogP contribution is -2.34. The SMILES string of the molecule is CCC1CCCN1S(=O)(=O)c1c[nH]c(CN)c1.